The largest absolute Gasteiger partial charge is 0.495 e. The molecule has 4 heteroatoms. The minimum Gasteiger partial charge on any atom is -0.495 e. The Kier molecular flexibility index (Phi) is 4.81. The number of hydrogen-bond donors (Lipinski definition) is 1. The van der Waals surface area contributed by atoms with Gasteiger partial charge in [-0.2, -0.15) is 5.26 Å². The number of rotatable bonds is 5. The molecule has 4 nitrogen and oxygen atoms in total. The molecule has 0 heterocycles. The second-order valence-electron chi connectivity index (χ2n) is 4.80. The summed E-state index contributed by atoms with van der Waals surface area (Å²) in [5.74, 6) is 1.33. The van der Waals surface area contributed by atoms with Gasteiger partial charge < -0.3 is 15.2 Å². The van der Waals surface area contributed by atoms with E-state index in [1.807, 2.05) is 37.3 Å². The zero-order valence-electron chi connectivity index (χ0n) is 12.2. The Balaban J connectivity index is 2.10. The van der Waals surface area contributed by atoms with Gasteiger partial charge in [0.1, 0.15) is 24.2 Å². The van der Waals surface area contributed by atoms with Crippen LogP contribution in [0.15, 0.2) is 42.5 Å². The van der Waals surface area contributed by atoms with Crippen LogP contribution < -0.4 is 15.2 Å². The maximum Gasteiger partial charge on any atom is 0.136 e. The lowest BCUT2D eigenvalue weighted by Gasteiger charge is -2.11. The fourth-order valence-electron chi connectivity index (χ4n) is 1.99. The van der Waals surface area contributed by atoms with Gasteiger partial charge in [-0.1, -0.05) is 18.2 Å². The molecule has 2 N–H and O–H groups in total. The van der Waals surface area contributed by atoms with Crippen LogP contribution in [0.4, 0.5) is 0 Å². The Bertz CT molecular complexity index is 660. The molecule has 0 unspecified atom stereocenters. The van der Waals surface area contributed by atoms with E-state index in [-0.39, 0.29) is 6.04 Å². The molecular formula is C17H18N2O2. The van der Waals surface area contributed by atoms with Crippen molar-refractivity contribution in [1.29, 1.82) is 5.26 Å². The molecular weight excluding hydrogens is 264 g/mol. The lowest BCUT2D eigenvalue weighted by Crippen LogP contribution is -2.05. The van der Waals surface area contributed by atoms with Crippen LogP contribution >= 0.6 is 0 Å². The first-order chi connectivity index (χ1) is 10.1. The summed E-state index contributed by atoms with van der Waals surface area (Å²) in [6.07, 6.45) is 0. The molecule has 2 aromatic rings. The van der Waals surface area contributed by atoms with Crippen LogP contribution in [-0.2, 0) is 6.61 Å². The standard InChI is InChI=1S/C17H18N2O2/c1-12(19)14-4-3-5-16(9-14)21-11-13-6-7-17(20-2)15(8-13)10-18/h3-9,12H,11,19H2,1-2H3/t12-/m0/s1. The van der Waals surface area contributed by atoms with Crippen molar-refractivity contribution in [2.45, 2.75) is 19.6 Å². The van der Waals surface area contributed by atoms with Gasteiger partial charge in [0.2, 0.25) is 0 Å². The van der Waals surface area contributed by atoms with Gasteiger partial charge in [-0.05, 0) is 42.3 Å². The molecule has 1 atom stereocenters. The summed E-state index contributed by atoms with van der Waals surface area (Å²) in [6, 6.07) is 15.2. The summed E-state index contributed by atoms with van der Waals surface area (Å²) < 4.78 is 10.9. The number of hydrogen-bond acceptors (Lipinski definition) is 4. The van der Waals surface area contributed by atoms with Crippen molar-refractivity contribution in [3.05, 3.63) is 59.2 Å². The van der Waals surface area contributed by atoms with Crippen LogP contribution in [0.25, 0.3) is 0 Å². The number of nitriles is 1. The first-order valence-electron chi connectivity index (χ1n) is 6.69. The third-order valence-electron chi connectivity index (χ3n) is 3.17. The molecule has 0 aromatic heterocycles. The topological polar surface area (TPSA) is 68.3 Å². The SMILES string of the molecule is COc1ccc(COc2cccc([C@H](C)N)c2)cc1C#N. The lowest BCUT2D eigenvalue weighted by atomic mass is 10.1. The molecule has 0 spiro atoms. The second kappa shape index (κ2) is 6.78. The summed E-state index contributed by atoms with van der Waals surface area (Å²) in [4.78, 5) is 0. The molecule has 0 bridgehead atoms. The van der Waals surface area contributed by atoms with Crippen LogP contribution in [0.2, 0.25) is 0 Å². The van der Waals surface area contributed by atoms with Crippen molar-refractivity contribution < 1.29 is 9.47 Å². The molecule has 0 saturated heterocycles. The van der Waals surface area contributed by atoms with Crippen LogP contribution in [0, 0.1) is 11.3 Å². The quantitative estimate of drug-likeness (QED) is 0.914. The molecule has 0 aliphatic carbocycles. The molecule has 0 aliphatic heterocycles. The van der Waals surface area contributed by atoms with Gasteiger partial charge in [0, 0.05) is 6.04 Å². The Morgan fingerprint density at radius 2 is 2.05 bits per heavy atom. The molecule has 2 rings (SSSR count). The normalized spacial score (nSPS) is 11.5. The fourth-order valence-corrected chi connectivity index (χ4v) is 1.99. The van der Waals surface area contributed by atoms with Crippen LogP contribution in [0.3, 0.4) is 0 Å². The fraction of sp³-hybridized carbons (Fsp3) is 0.235. The van der Waals surface area contributed by atoms with Crippen molar-refractivity contribution in [1.82, 2.24) is 0 Å². The average molecular weight is 282 g/mol. The van der Waals surface area contributed by atoms with Gasteiger partial charge >= 0.3 is 0 Å². The molecule has 108 valence electrons. The Hall–Kier alpha value is -2.51. The second-order valence-corrected chi connectivity index (χ2v) is 4.80. The van der Waals surface area contributed by atoms with Crippen LogP contribution in [0.5, 0.6) is 11.5 Å². The van der Waals surface area contributed by atoms with Gasteiger partial charge in [-0.15, -0.1) is 0 Å². The number of benzene rings is 2. The van der Waals surface area contributed by atoms with E-state index < -0.39 is 0 Å². The number of nitrogens with two attached hydrogens (primary N) is 1. The summed E-state index contributed by atoms with van der Waals surface area (Å²) in [5.41, 5.74) is 8.30. The third-order valence-corrected chi connectivity index (χ3v) is 3.17. The summed E-state index contributed by atoms with van der Waals surface area (Å²) >= 11 is 0. The minimum atomic E-state index is -0.0280. The van der Waals surface area contributed by atoms with E-state index in [4.69, 9.17) is 20.5 Å². The zero-order chi connectivity index (χ0) is 15.2. The van der Waals surface area contributed by atoms with Crippen molar-refractivity contribution in [2.75, 3.05) is 7.11 Å². The monoisotopic (exact) mass is 282 g/mol. The summed E-state index contributed by atoms with van der Waals surface area (Å²) in [7, 11) is 1.55. The minimum absolute atomic E-state index is 0.0280. The smallest absolute Gasteiger partial charge is 0.136 e. The van der Waals surface area contributed by atoms with Crippen LogP contribution in [0.1, 0.15) is 29.7 Å². The highest BCUT2D eigenvalue weighted by molar-refractivity contribution is 5.45. The first-order valence-corrected chi connectivity index (χ1v) is 6.69. The van der Waals surface area contributed by atoms with E-state index in [9.17, 15) is 0 Å². The Morgan fingerprint density at radius 1 is 1.24 bits per heavy atom. The predicted molar refractivity (Wildman–Crippen MR) is 81.1 cm³/mol. The van der Waals surface area contributed by atoms with Crippen molar-refractivity contribution in [2.24, 2.45) is 5.73 Å². The van der Waals surface area contributed by atoms with E-state index in [2.05, 4.69) is 6.07 Å². The highest BCUT2D eigenvalue weighted by atomic mass is 16.5. The molecule has 0 radical (unpaired) electrons. The molecule has 21 heavy (non-hydrogen) atoms. The Morgan fingerprint density at radius 3 is 2.71 bits per heavy atom. The van der Waals surface area contributed by atoms with Crippen molar-refractivity contribution in [3.63, 3.8) is 0 Å². The first kappa shape index (κ1) is 14.9. The highest BCUT2D eigenvalue weighted by Crippen LogP contribution is 2.21. The van der Waals surface area contributed by atoms with Gasteiger partial charge in [-0.3, -0.25) is 0 Å². The number of methoxy groups -OCH3 is 1. The van der Waals surface area contributed by atoms with E-state index in [1.165, 1.54) is 0 Å². The van der Waals surface area contributed by atoms with Gasteiger partial charge in [0.15, 0.2) is 0 Å². The number of nitrogens with zero attached hydrogens (tertiary/aromatic N) is 1. The highest BCUT2D eigenvalue weighted by Gasteiger charge is 2.05. The maximum atomic E-state index is 9.07. The maximum absolute atomic E-state index is 9.07. The van der Waals surface area contributed by atoms with Gasteiger partial charge in [0.25, 0.3) is 0 Å². The predicted octanol–water partition coefficient (Wildman–Crippen LogP) is 3.17. The molecule has 2 aromatic carbocycles. The zero-order valence-corrected chi connectivity index (χ0v) is 12.2. The molecule has 0 fully saturated rings. The summed E-state index contributed by atoms with van der Waals surface area (Å²) in [5, 5.41) is 9.07. The van der Waals surface area contributed by atoms with E-state index in [0.717, 1.165) is 16.9 Å². The van der Waals surface area contributed by atoms with E-state index in [1.54, 1.807) is 19.2 Å². The van der Waals surface area contributed by atoms with Gasteiger partial charge in [0.05, 0.1) is 12.7 Å². The lowest BCUT2D eigenvalue weighted by molar-refractivity contribution is 0.305. The molecule has 0 amide bonds. The van der Waals surface area contributed by atoms with E-state index >= 15 is 0 Å². The van der Waals surface area contributed by atoms with Crippen molar-refractivity contribution in [3.8, 4) is 17.6 Å². The number of ether oxygens (including phenoxy) is 2. The Labute approximate surface area is 124 Å². The molecule has 0 saturated carbocycles. The van der Waals surface area contributed by atoms with E-state index in [0.29, 0.717) is 17.9 Å². The summed E-state index contributed by atoms with van der Waals surface area (Å²) in [6.45, 7) is 2.32. The molecule has 0 aliphatic rings. The third kappa shape index (κ3) is 3.74. The average Bonchev–Trinajstić information content (AvgIpc) is 2.52. The van der Waals surface area contributed by atoms with Gasteiger partial charge in [-0.25, -0.2) is 0 Å². The van der Waals surface area contributed by atoms with Crippen molar-refractivity contribution >= 4 is 0 Å². The van der Waals surface area contributed by atoms with Crippen LogP contribution in [-0.4, -0.2) is 7.11 Å².